The summed E-state index contributed by atoms with van der Waals surface area (Å²) in [5.41, 5.74) is -1.70. The molecule has 4 aliphatic heterocycles. The van der Waals surface area contributed by atoms with Crippen molar-refractivity contribution >= 4 is 16.7 Å². The lowest BCUT2D eigenvalue weighted by molar-refractivity contribution is 0.108. The molecule has 0 radical (unpaired) electrons. The largest absolute Gasteiger partial charge is 0.491 e. The molecule has 3 aromatic rings. The maximum absolute atomic E-state index is 16.2. The summed E-state index contributed by atoms with van der Waals surface area (Å²) >= 11 is 0. The predicted octanol–water partition coefficient (Wildman–Crippen LogP) is 4.20. The number of piperazine rings is 1. The normalized spacial score (nSPS) is 23.7. The Morgan fingerprint density at radius 2 is 1.73 bits per heavy atom. The van der Waals surface area contributed by atoms with Crippen LogP contribution in [0.3, 0.4) is 0 Å². The molecule has 7 rings (SSSR count). The smallest absolute Gasteiger partial charge is 0.319 e. The molecule has 2 aromatic heterocycles. The first kappa shape index (κ1) is 25.7. The lowest BCUT2D eigenvalue weighted by Gasteiger charge is -2.34. The topological polar surface area (TPSA) is 75.6 Å². The summed E-state index contributed by atoms with van der Waals surface area (Å²) in [6.45, 7) is 3.77. The van der Waals surface area contributed by atoms with Crippen LogP contribution < -0.4 is 19.7 Å². The van der Waals surface area contributed by atoms with E-state index < -0.39 is 40.3 Å². The standard InChI is InChI=1S/C28H30F4N6O2/c1-39-25-19(30)10-18(29)20(21(25)31)24-22(32)23-17(11-33-24)26(37-12-15-4-5-16(13-37)34-15)36-27(35-23)40-14-28-6-2-8-38(28)9-3-7-28/h10-11,15-16,34H,2-9,12-14H2,1H3. The molecule has 0 aliphatic carbocycles. The molecule has 12 heteroatoms. The van der Waals surface area contributed by atoms with Crippen molar-refractivity contribution in [3.63, 3.8) is 0 Å². The highest BCUT2D eigenvalue weighted by molar-refractivity contribution is 5.92. The van der Waals surface area contributed by atoms with E-state index in [0.29, 0.717) is 37.0 Å². The lowest BCUT2D eigenvalue weighted by atomic mass is 9.95. The first-order chi connectivity index (χ1) is 19.4. The predicted molar refractivity (Wildman–Crippen MR) is 140 cm³/mol. The third-order valence-corrected chi connectivity index (χ3v) is 9.01. The van der Waals surface area contributed by atoms with Crippen LogP contribution >= 0.6 is 0 Å². The van der Waals surface area contributed by atoms with Gasteiger partial charge in [0.15, 0.2) is 23.2 Å². The number of nitrogens with zero attached hydrogens (tertiary/aromatic N) is 5. The van der Waals surface area contributed by atoms with E-state index in [9.17, 15) is 8.78 Å². The van der Waals surface area contributed by atoms with Crippen LogP contribution in [0.25, 0.3) is 22.2 Å². The van der Waals surface area contributed by atoms with E-state index in [1.807, 2.05) is 0 Å². The fraction of sp³-hybridized carbons (Fsp3) is 0.536. The fourth-order valence-electron chi connectivity index (χ4n) is 7.11. The highest BCUT2D eigenvalue weighted by Crippen LogP contribution is 2.41. The first-order valence-electron chi connectivity index (χ1n) is 13.8. The summed E-state index contributed by atoms with van der Waals surface area (Å²) in [4.78, 5) is 17.7. The summed E-state index contributed by atoms with van der Waals surface area (Å²) < 4.78 is 71.2. The Morgan fingerprint density at radius 3 is 2.42 bits per heavy atom. The van der Waals surface area contributed by atoms with Gasteiger partial charge in [0, 0.05) is 37.4 Å². The van der Waals surface area contributed by atoms with E-state index in [2.05, 4.69) is 25.1 Å². The van der Waals surface area contributed by atoms with Gasteiger partial charge in [-0.05, 0) is 51.6 Å². The number of methoxy groups -OCH3 is 1. The van der Waals surface area contributed by atoms with Crippen molar-refractivity contribution in [1.82, 2.24) is 25.2 Å². The zero-order valence-electron chi connectivity index (χ0n) is 22.2. The summed E-state index contributed by atoms with van der Waals surface area (Å²) in [7, 11) is 1.05. The third kappa shape index (κ3) is 4.06. The van der Waals surface area contributed by atoms with Crippen molar-refractivity contribution < 1.29 is 27.0 Å². The number of hydrogen-bond acceptors (Lipinski definition) is 8. The minimum absolute atomic E-state index is 0.00943. The van der Waals surface area contributed by atoms with Gasteiger partial charge in [-0.2, -0.15) is 9.97 Å². The number of fused-ring (bicyclic) bond motifs is 4. The van der Waals surface area contributed by atoms with Crippen molar-refractivity contribution in [2.45, 2.75) is 56.1 Å². The van der Waals surface area contributed by atoms with Crippen LogP contribution in [0.1, 0.15) is 38.5 Å². The molecule has 2 atom stereocenters. The van der Waals surface area contributed by atoms with Gasteiger partial charge in [-0.3, -0.25) is 9.88 Å². The van der Waals surface area contributed by atoms with E-state index in [0.717, 1.165) is 58.7 Å². The molecule has 4 fully saturated rings. The molecule has 0 saturated carbocycles. The zero-order valence-corrected chi connectivity index (χ0v) is 22.2. The number of ether oxygens (including phenoxy) is 2. The summed E-state index contributed by atoms with van der Waals surface area (Å²) in [5, 5.41) is 3.88. The van der Waals surface area contributed by atoms with Crippen LogP contribution in [-0.4, -0.2) is 77.4 Å². The summed E-state index contributed by atoms with van der Waals surface area (Å²) in [6, 6.07) is 1.03. The fourth-order valence-corrected chi connectivity index (χ4v) is 7.11. The van der Waals surface area contributed by atoms with E-state index in [1.54, 1.807) is 0 Å². The summed E-state index contributed by atoms with van der Waals surface area (Å²) in [6.07, 6.45) is 7.61. The Labute approximate surface area is 228 Å². The number of benzene rings is 1. The molecule has 2 bridgehead atoms. The van der Waals surface area contributed by atoms with Gasteiger partial charge in [0.2, 0.25) is 0 Å². The Balaban J connectivity index is 1.34. The minimum atomic E-state index is -1.38. The highest BCUT2D eigenvalue weighted by Gasteiger charge is 2.45. The van der Waals surface area contributed by atoms with Gasteiger partial charge < -0.3 is 19.7 Å². The molecule has 6 heterocycles. The number of rotatable bonds is 6. The average molecular weight is 559 g/mol. The quantitative estimate of drug-likeness (QED) is 0.452. The lowest BCUT2D eigenvalue weighted by Crippen LogP contribution is -2.51. The number of anilines is 1. The maximum atomic E-state index is 16.2. The molecule has 2 unspecified atom stereocenters. The van der Waals surface area contributed by atoms with Crippen molar-refractivity contribution in [2.24, 2.45) is 0 Å². The molecular weight excluding hydrogens is 528 g/mol. The van der Waals surface area contributed by atoms with Gasteiger partial charge in [-0.15, -0.1) is 0 Å². The van der Waals surface area contributed by atoms with Crippen LogP contribution in [0.5, 0.6) is 11.8 Å². The zero-order chi connectivity index (χ0) is 27.6. The van der Waals surface area contributed by atoms with Crippen LogP contribution in [-0.2, 0) is 0 Å². The van der Waals surface area contributed by atoms with Crippen molar-refractivity contribution in [3.8, 4) is 23.0 Å². The number of nitrogens with one attached hydrogen (secondary N) is 1. The molecule has 1 aromatic carbocycles. The average Bonchev–Trinajstić information content (AvgIpc) is 3.62. The minimum Gasteiger partial charge on any atom is -0.491 e. The monoisotopic (exact) mass is 558 g/mol. The third-order valence-electron chi connectivity index (χ3n) is 9.01. The molecule has 1 N–H and O–H groups in total. The van der Waals surface area contributed by atoms with E-state index in [1.165, 1.54) is 6.20 Å². The molecule has 4 aliphatic rings. The van der Waals surface area contributed by atoms with Gasteiger partial charge in [0.1, 0.15) is 29.5 Å². The second-order valence-corrected chi connectivity index (χ2v) is 11.3. The first-order valence-corrected chi connectivity index (χ1v) is 13.8. The Kier molecular flexibility index (Phi) is 6.23. The van der Waals surface area contributed by atoms with Gasteiger partial charge >= 0.3 is 6.01 Å². The van der Waals surface area contributed by atoms with Gasteiger partial charge in [-0.1, -0.05) is 0 Å². The molecule has 0 amide bonds. The Hall–Kier alpha value is -3.25. The van der Waals surface area contributed by atoms with Crippen LogP contribution in [0.2, 0.25) is 0 Å². The van der Waals surface area contributed by atoms with E-state index in [-0.39, 0.29) is 29.1 Å². The number of hydrogen-bond donors (Lipinski definition) is 1. The van der Waals surface area contributed by atoms with Crippen LogP contribution in [0.4, 0.5) is 23.4 Å². The second kappa shape index (κ2) is 9.69. The van der Waals surface area contributed by atoms with Crippen molar-refractivity contribution in [2.75, 3.05) is 44.8 Å². The van der Waals surface area contributed by atoms with E-state index in [4.69, 9.17) is 14.5 Å². The van der Waals surface area contributed by atoms with Crippen molar-refractivity contribution in [1.29, 1.82) is 0 Å². The molecule has 8 nitrogen and oxygen atoms in total. The Bertz CT molecular complexity index is 1470. The number of aromatic nitrogens is 3. The van der Waals surface area contributed by atoms with E-state index >= 15 is 8.78 Å². The second-order valence-electron chi connectivity index (χ2n) is 11.3. The number of halogens is 4. The summed E-state index contributed by atoms with van der Waals surface area (Å²) in [5.74, 6) is -5.30. The van der Waals surface area contributed by atoms with Crippen molar-refractivity contribution in [3.05, 3.63) is 35.5 Å². The maximum Gasteiger partial charge on any atom is 0.319 e. The van der Waals surface area contributed by atoms with Gasteiger partial charge in [0.25, 0.3) is 0 Å². The molecule has 212 valence electrons. The van der Waals surface area contributed by atoms with Gasteiger partial charge in [-0.25, -0.2) is 17.6 Å². The van der Waals surface area contributed by atoms with Crippen LogP contribution in [0.15, 0.2) is 12.3 Å². The molecule has 4 saturated heterocycles. The van der Waals surface area contributed by atoms with Crippen LogP contribution in [0, 0.1) is 23.3 Å². The SMILES string of the molecule is COc1c(F)cc(F)c(-c2ncc3c(N4CC5CCC(C4)N5)nc(OCC45CCCN4CCC5)nc3c2F)c1F. The highest BCUT2D eigenvalue weighted by atomic mass is 19.1. The molecule has 40 heavy (non-hydrogen) atoms. The molecule has 0 spiro atoms. The number of pyridine rings is 1. The Morgan fingerprint density at radius 1 is 1.00 bits per heavy atom. The van der Waals surface area contributed by atoms with Gasteiger partial charge in [0.05, 0.1) is 23.6 Å². The molecular formula is C28H30F4N6O2.